The molecule has 0 aliphatic carbocycles. The van der Waals surface area contributed by atoms with Gasteiger partial charge in [0, 0.05) is 30.3 Å². The highest BCUT2D eigenvalue weighted by atomic mass is 127. The maximum Gasteiger partial charge on any atom is 0.0431 e. The van der Waals surface area contributed by atoms with Crippen molar-refractivity contribution in [3.63, 3.8) is 0 Å². The third-order valence-electron chi connectivity index (χ3n) is 4.73. The van der Waals surface area contributed by atoms with Gasteiger partial charge in [-0.1, -0.05) is 44.9 Å². The third kappa shape index (κ3) is 3.48. The molecule has 20 heavy (non-hydrogen) atoms. The van der Waals surface area contributed by atoms with E-state index in [9.17, 15) is 0 Å². The number of para-hydroxylation sites is 1. The van der Waals surface area contributed by atoms with Crippen molar-refractivity contribution in [3.05, 3.63) is 29.8 Å². The van der Waals surface area contributed by atoms with E-state index in [1.165, 1.54) is 24.1 Å². The molecule has 1 N–H and O–H groups in total. The van der Waals surface area contributed by atoms with Crippen LogP contribution >= 0.6 is 24.0 Å². The molecule has 2 rings (SSSR count). The molecule has 1 atom stereocenters. The maximum atomic E-state index is 8.81. The SMILES string of the molecule is CC1N(CCCCCCO)c2ccccc2C1(C)C.I. The Hall–Kier alpha value is -0.290. The summed E-state index contributed by atoms with van der Waals surface area (Å²) < 4.78 is 0. The predicted octanol–water partition coefficient (Wildman–Crippen LogP) is 4.34. The number of nitrogens with zero attached hydrogens (tertiary/aromatic N) is 1. The molecule has 0 saturated heterocycles. The molecule has 0 aromatic heterocycles. The zero-order valence-electron chi connectivity index (χ0n) is 12.9. The van der Waals surface area contributed by atoms with E-state index >= 15 is 0 Å². The molecular formula is C17H28INO. The Labute approximate surface area is 140 Å². The fourth-order valence-corrected chi connectivity index (χ4v) is 3.15. The minimum absolute atomic E-state index is 0. The number of fused-ring (bicyclic) bond motifs is 1. The van der Waals surface area contributed by atoms with Crippen molar-refractivity contribution in [2.45, 2.75) is 57.9 Å². The zero-order chi connectivity index (χ0) is 13.9. The molecule has 0 fully saturated rings. The van der Waals surface area contributed by atoms with Crippen molar-refractivity contribution in [1.29, 1.82) is 0 Å². The molecule has 1 aliphatic heterocycles. The molecule has 0 spiro atoms. The first-order chi connectivity index (χ1) is 9.09. The van der Waals surface area contributed by atoms with Gasteiger partial charge in [-0.2, -0.15) is 0 Å². The van der Waals surface area contributed by atoms with Gasteiger partial charge in [-0.15, -0.1) is 24.0 Å². The molecule has 1 aromatic carbocycles. The summed E-state index contributed by atoms with van der Waals surface area (Å²) in [5, 5.41) is 8.81. The average molecular weight is 389 g/mol. The number of aliphatic hydroxyl groups excluding tert-OH is 1. The smallest absolute Gasteiger partial charge is 0.0431 e. The lowest BCUT2D eigenvalue weighted by molar-refractivity contribution is 0.282. The molecule has 1 heterocycles. The van der Waals surface area contributed by atoms with Crippen LogP contribution in [0.25, 0.3) is 0 Å². The monoisotopic (exact) mass is 389 g/mol. The quantitative estimate of drug-likeness (QED) is 0.578. The first-order valence-corrected chi connectivity index (χ1v) is 7.56. The van der Waals surface area contributed by atoms with E-state index in [2.05, 4.69) is 49.9 Å². The summed E-state index contributed by atoms with van der Waals surface area (Å²) in [6.07, 6.45) is 4.52. The van der Waals surface area contributed by atoms with Gasteiger partial charge in [0.25, 0.3) is 0 Å². The number of hydrogen-bond donors (Lipinski definition) is 1. The van der Waals surface area contributed by atoms with Gasteiger partial charge >= 0.3 is 0 Å². The second-order valence-corrected chi connectivity index (χ2v) is 6.25. The number of rotatable bonds is 6. The fraction of sp³-hybridized carbons (Fsp3) is 0.647. The Morgan fingerprint density at radius 1 is 1.10 bits per heavy atom. The van der Waals surface area contributed by atoms with E-state index in [4.69, 9.17) is 5.11 Å². The topological polar surface area (TPSA) is 23.5 Å². The molecule has 0 saturated carbocycles. The highest BCUT2D eigenvalue weighted by molar-refractivity contribution is 14.0. The Balaban J connectivity index is 0.00000200. The summed E-state index contributed by atoms with van der Waals surface area (Å²) >= 11 is 0. The molecule has 114 valence electrons. The van der Waals surface area contributed by atoms with Crippen LogP contribution in [-0.2, 0) is 5.41 Å². The number of benzene rings is 1. The summed E-state index contributed by atoms with van der Waals surface area (Å²) in [4.78, 5) is 2.56. The van der Waals surface area contributed by atoms with E-state index in [0.717, 1.165) is 19.4 Å². The van der Waals surface area contributed by atoms with Crippen LogP contribution in [0.1, 0.15) is 52.0 Å². The van der Waals surface area contributed by atoms with Crippen LogP contribution in [0.15, 0.2) is 24.3 Å². The minimum Gasteiger partial charge on any atom is -0.396 e. The summed E-state index contributed by atoms with van der Waals surface area (Å²) in [7, 11) is 0. The van der Waals surface area contributed by atoms with E-state index in [-0.39, 0.29) is 29.4 Å². The Bertz CT molecular complexity index is 419. The predicted molar refractivity (Wildman–Crippen MR) is 97.2 cm³/mol. The summed E-state index contributed by atoms with van der Waals surface area (Å²) in [6.45, 7) is 8.50. The van der Waals surface area contributed by atoms with Crippen molar-refractivity contribution >= 4 is 29.7 Å². The number of anilines is 1. The van der Waals surface area contributed by atoms with Crippen molar-refractivity contribution in [1.82, 2.24) is 0 Å². The molecule has 0 radical (unpaired) electrons. The van der Waals surface area contributed by atoms with Crippen LogP contribution in [0.4, 0.5) is 5.69 Å². The largest absolute Gasteiger partial charge is 0.396 e. The lowest BCUT2D eigenvalue weighted by Gasteiger charge is -2.31. The van der Waals surface area contributed by atoms with Crippen LogP contribution in [0.5, 0.6) is 0 Å². The standard InChI is InChI=1S/C17H27NO.HI/c1-14-17(2,3)15-10-6-7-11-16(15)18(14)12-8-4-5-9-13-19;/h6-7,10-11,14,19H,4-5,8-9,12-13H2,1-3H3;1H. The van der Waals surface area contributed by atoms with Crippen LogP contribution in [0.2, 0.25) is 0 Å². The molecule has 1 aromatic rings. The Morgan fingerprint density at radius 2 is 1.75 bits per heavy atom. The van der Waals surface area contributed by atoms with E-state index in [0.29, 0.717) is 12.6 Å². The molecular weight excluding hydrogens is 361 g/mol. The van der Waals surface area contributed by atoms with Crippen molar-refractivity contribution < 1.29 is 5.11 Å². The summed E-state index contributed by atoms with van der Waals surface area (Å²) in [5.41, 5.74) is 3.14. The lowest BCUT2D eigenvalue weighted by Crippen LogP contribution is -2.39. The van der Waals surface area contributed by atoms with Gasteiger partial charge in [0.15, 0.2) is 0 Å². The highest BCUT2D eigenvalue weighted by Gasteiger charge is 2.40. The zero-order valence-corrected chi connectivity index (χ0v) is 15.3. The summed E-state index contributed by atoms with van der Waals surface area (Å²) in [5.74, 6) is 0. The van der Waals surface area contributed by atoms with Gasteiger partial charge in [-0.3, -0.25) is 0 Å². The second-order valence-electron chi connectivity index (χ2n) is 6.25. The van der Waals surface area contributed by atoms with E-state index in [1.807, 2.05) is 0 Å². The first-order valence-electron chi connectivity index (χ1n) is 7.56. The van der Waals surface area contributed by atoms with Crippen molar-refractivity contribution in [2.75, 3.05) is 18.1 Å². The van der Waals surface area contributed by atoms with E-state index in [1.54, 1.807) is 0 Å². The average Bonchev–Trinajstić information content (AvgIpc) is 2.60. The van der Waals surface area contributed by atoms with Crippen molar-refractivity contribution in [3.8, 4) is 0 Å². The number of unbranched alkanes of at least 4 members (excludes halogenated alkanes) is 3. The molecule has 1 aliphatic rings. The first kappa shape index (κ1) is 17.8. The number of halogens is 1. The number of hydrogen-bond acceptors (Lipinski definition) is 2. The maximum absolute atomic E-state index is 8.81. The highest BCUT2D eigenvalue weighted by Crippen LogP contribution is 2.44. The van der Waals surface area contributed by atoms with Gasteiger partial charge in [0.2, 0.25) is 0 Å². The van der Waals surface area contributed by atoms with Crippen LogP contribution in [0.3, 0.4) is 0 Å². The lowest BCUT2D eigenvalue weighted by atomic mass is 9.81. The van der Waals surface area contributed by atoms with Crippen LogP contribution in [-0.4, -0.2) is 24.3 Å². The Morgan fingerprint density at radius 3 is 2.45 bits per heavy atom. The van der Waals surface area contributed by atoms with E-state index < -0.39 is 0 Å². The van der Waals surface area contributed by atoms with Crippen LogP contribution < -0.4 is 4.90 Å². The Kier molecular flexibility index (Phi) is 6.79. The molecule has 0 amide bonds. The molecule has 0 bridgehead atoms. The third-order valence-corrected chi connectivity index (χ3v) is 4.73. The minimum atomic E-state index is 0. The molecule has 2 nitrogen and oxygen atoms in total. The molecule has 3 heteroatoms. The molecule has 1 unspecified atom stereocenters. The fourth-order valence-electron chi connectivity index (χ4n) is 3.15. The second kappa shape index (κ2) is 7.64. The number of aliphatic hydroxyl groups is 1. The van der Waals surface area contributed by atoms with Gasteiger partial charge < -0.3 is 10.0 Å². The van der Waals surface area contributed by atoms with Gasteiger partial charge in [0.05, 0.1) is 0 Å². The van der Waals surface area contributed by atoms with Crippen molar-refractivity contribution in [2.24, 2.45) is 0 Å². The summed E-state index contributed by atoms with van der Waals surface area (Å²) in [6, 6.07) is 9.39. The van der Waals surface area contributed by atoms with Crippen LogP contribution in [0, 0.1) is 0 Å². The van der Waals surface area contributed by atoms with Gasteiger partial charge in [-0.05, 0) is 31.4 Å². The normalized spacial score (nSPS) is 19.6. The van der Waals surface area contributed by atoms with Gasteiger partial charge in [-0.25, -0.2) is 0 Å². The van der Waals surface area contributed by atoms with Gasteiger partial charge in [0.1, 0.15) is 0 Å².